The highest BCUT2D eigenvalue weighted by Gasteiger charge is 2.41. The van der Waals surface area contributed by atoms with Crippen LogP contribution in [0, 0.1) is 11.8 Å². The maximum Gasteiger partial charge on any atom is 0.317 e. The minimum atomic E-state index is -0.131. The Labute approximate surface area is 164 Å². The molecular weight excluding hydrogens is 342 g/mol. The molecule has 3 amide bonds. The van der Waals surface area contributed by atoms with Gasteiger partial charge in [0.1, 0.15) is 0 Å². The summed E-state index contributed by atoms with van der Waals surface area (Å²) in [6.45, 7) is 10.3. The van der Waals surface area contributed by atoms with Gasteiger partial charge in [-0.15, -0.1) is 0 Å². The van der Waals surface area contributed by atoms with Crippen LogP contribution in [-0.2, 0) is 9.53 Å². The number of nitrogens with one attached hydrogen (secondary N) is 1. The van der Waals surface area contributed by atoms with E-state index in [4.69, 9.17) is 4.74 Å². The van der Waals surface area contributed by atoms with Crippen LogP contribution in [0.25, 0.3) is 0 Å². The maximum absolute atomic E-state index is 12.7. The van der Waals surface area contributed by atoms with E-state index in [1.165, 1.54) is 0 Å². The van der Waals surface area contributed by atoms with Crippen LogP contribution >= 0.6 is 0 Å². The summed E-state index contributed by atoms with van der Waals surface area (Å²) in [6.07, 6.45) is 6.64. The number of carbonyl (C=O) groups is 2. The summed E-state index contributed by atoms with van der Waals surface area (Å²) >= 11 is 0. The van der Waals surface area contributed by atoms with Crippen LogP contribution in [0.3, 0.4) is 0 Å². The van der Waals surface area contributed by atoms with Crippen molar-refractivity contribution in [3.8, 4) is 0 Å². The number of ether oxygens (including phenoxy) is 1. The first-order chi connectivity index (χ1) is 12.9. The summed E-state index contributed by atoms with van der Waals surface area (Å²) in [5.74, 6) is 1.50. The molecule has 27 heavy (non-hydrogen) atoms. The average Bonchev–Trinajstić information content (AvgIpc) is 2.62. The van der Waals surface area contributed by atoms with Gasteiger partial charge in [0, 0.05) is 45.2 Å². The molecule has 1 N–H and O–H groups in total. The highest BCUT2D eigenvalue weighted by atomic mass is 16.5. The van der Waals surface area contributed by atoms with Crippen LogP contribution in [0.2, 0.25) is 0 Å². The van der Waals surface area contributed by atoms with Gasteiger partial charge in [0.05, 0.1) is 5.60 Å². The summed E-state index contributed by atoms with van der Waals surface area (Å²) in [4.78, 5) is 28.9. The van der Waals surface area contributed by atoms with Gasteiger partial charge in [0.15, 0.2) is 0 Å². The molecule has 3 aliphatic heterocycles. The van der Waals surface area contributed by atoms with E-state index in [-0.39, 0.29) is 17.7 Å². The molecule has 0 aromatic carbocycles. The highest BCUT2D eigenvalue weighted by Crippen LogP contribution is 2.39. The molecule has 3 aliphatic rings. The Morgan fingerprint density at radius 3 is 2.37 bits per heavy atom. The number of amides is 3. The Hall–Kier alpha value is -1.30. The zero-order valence-corrected chi connectivity index (χ0v) is 17.3. The van der Waals surface area contributed by atoms with Gasteiger partial charge in [-0.05, 0) is 64.2 Å². The summed E-state index contributed by atoms with van der Waals surface area (Å²) in [5, 5.41) is 2.97. The number of rotatable bonds is 3. The monoisotopic (exact) mass is 379 g/mol. The number of piperidine rings is 2. The highest BCUT2D eigenvalue weighted by molar-refractivity contribution is 5.76. The van der Waals surface area contributed by atoms with Crippen LogP contribution in [0.15, 0.2) is 0 Å². The molecule has 0 aromatic heterocycles. The van der Waals surface area contributed by atoms with Crippen molar-refractivity contribution >= 4 is 11.9 Å². The maximum atomic E-state index is 12.7. The second kappa shape index (κ2) is 8.80. The molecule has 0 saturated carbocycles. The van der Waals surface area contributed by atoms with Crippen LogP contribution in [0.5, 0.6) is 0 Å². The van der Waals surface area contributed by atoms with Crippen molar-refractivity contribution in [2.45, 2.75) is 77.4 Å². The van der Waals surface area contributed by atoms with E-state index in [1.54, 1.807) is 0 Å². The second-order valence-corrected chi connectivity index (χ2v) is 9.25. The lowest BCUT2D eigenvalue weighted by Gasteiger charge is -2.46. The zero-order valence-electron chi connectivity index (χ0n) is 17.3. The number of urea groups is 1. The summed E-state index contributed by atoms with van der Waals surface area (Å²) in [6, 6.07) is 0.189. The van der Waals surface area contributed by atoms with Crippen LogP contribution in [-0.4, -0.2) is 66.2 Å². The number of nitrogens with zero attached hydrogens (tertiary/aromatic N) is 2. The topological polar surface area (TPSA) is 61.9 Å². The molecular formula is C21H37N3O3. The van der Waals surface area contributed by atoms with Gasteiger partial charge in [0.25, 0.3) is 0 Å². The van der Waals surface area contributed by atoms with Gasteiger partial charge in [-0.3, -0.25) is 4.79 Å². The van der Waals surface area contributed by atoms with Crippen LogP contribution in [0.1, 0.15) is 65.7 Å². The first kappa shape index (κ1) is 20.4. The predicted octanol–water partition coefficient (Wildman–Crippen LogP) is 3.01. The fourth-order valence-corrected chi connectivity index (χ4v) is 4.74. The third kappa shape index (κ3) is 5.37. The van der Waals surface area contributed by atoms with E-state index in [9.17, 15) is 9.59 Å². The second-order valence-electron chi connectivity index (χ2n) is 9.25. The molecule has 3 saturated heterocycles. The van der Waals surface area contributed by atoms with E-state index in [2.05, 4.69) is 17.1 Å². The van der Waals surface area contributed by atoms with Crippen molar-refractivity contribution in [1.82, 2.24) is 15.1 Å². The molecule has 0 aliphatic carbocycles. The summed E-state index contributed by atoms with van der Waals surface area (Å²) in [7, 11) is 0. The van der Waals surface area contributed by atoms with E-state index >= 15 is 0 Å². The number of hydrogen-bond acceptors (Lipinski definition) is 3. The molecule has 3 rings (SSSR count). The van der Waals surface area contributed by atoms with E-state index in [1.807, 2.05) is 18.7 Å². The fourth-order valence-electron chi connectivity index (χ4n) is 4.74. The number of carbonyl (C=O) groups excluding carboxylic acids is 2. The molecule has 1 spiro atoms. The van der Waals surface area contributed by atoms with Gasteiger partial charge in [-0.25, -0.2) is 4.79 Å². The van der Waals surface area contributed by atoms with Gasteiger partial charge in [0.2, 0.25) is 5.91 Å². The molecule has 3 heterocycles. The lowest BCUT2D eigenvalue weighted by atomic mass is 9.78. The number of likely N-dealkylation sites (tertiary alicyclic amines) is 2. The van der Waals surface area contributed by atoms with Gasteiger partial charge >= 0.3 is 6.03 Å². The van der Waals surface area contributed by atoms with Crippen LogP contribution < -0.4 is 5.32 Å². The molecule has 1 unspecified atom stereocenters. The van der Waals surface area contributed by atoms with E-state index in [0.717, 1.165) is 77.2 Å². The molecule has 6 heteroatoms. The molecule has 0 radical (unpaired) electrons. The third-order valence-corrected chi connectivity index (χ3v) is 6.57. The summed E-state index contributed by atoms with van der Waals surface area (Å²) in [5.41, 5.74) is -0.131. The molecule has 1 atom stereocenters. The van der Waals surface area contributed by atoms with Gasteiger partial charge < -0.3 is 19.9 Å². The van der Waals surface area contributed by atoms with Gasteiger partial charge in [-0.1, -0.05) is 6.92 Å². The Morgan fingerprint density at radius 1 is 1.07 bits per heavy atom. The molecule has 0 bridgehead atoms. The average molecular weight is 380 g/mol. The van der Waals surface area contributed by atoms with Crippen molar-refractivity contribution in [3.63, 3.8) is 0 Å². The number of hydrogen-bond donors (Lipinski definition) is 1. The Morgan fingerprint density at radius 2 is 1.74 bits per heavy atom. The molecule has 6 nitrogen and oxygen atoms in total. The molecule has 154 valence electrons. The van der Waals surface area contributed by atoms with E-state index < -0.39 is 0 Å². The fraction of sp³-hybridized carbons (Fsp3) is 0.905. The van der Waals surface area contributed by atoms with Crippen molar-refractivity contribution in [1.29, 1.82) is 0 Å². The smallest absolute Gasteiger partial charge is 0.317 e. The third-order valence-electron chi connectivity index (χ3n) is 6.57. The quantitative estimate of drug-likeness (QED) is 0.820. The first-order valence-corrected chi connectivity index (χ1v) is 10.8. The van der Waals surface area contributed by atoms with Crippen molar-refractivity contribution in [3.05, 3.63) is 0 Å². The first-order valence-electron chi connectivity index (χ1n) is 10.8. The Balaban J connectivity index is 1.48. The normalized spacial score (nSPS) is 26.4. The zero-order chi connectivity index (χ0) is 19.4. The largest absolute Gasteiger partial charge is 0.375 e. The van der Waals surface area contributed by atoms with Gasteiger partial charge in [-0.2, -0.15) is 0 Å². The summed E-state index contributed by atoms with van der Waals surface area (Å²) < 4.78 is 6.20. The van der Waals surface area contributed by atoms with Crippen LogP contribution in [0.4, 0.5) is 4.79 Å². The predicted molar refractivity (Wildman–Crippen MR) is 105 cm³/mol. The standard InChI is InChI=1S/C21H37N3O3/c1-16(2)22-20(26)24-11-7-21(8-12-24)15-18(6-13-27-21)14-19(25)23-9-4-17(3)5-10-23/h16-18H,4-15H2,1-3H3,(H,22,26). The van der Waals surface area contributed by atoms with Crippen molar-refractivity contribution in [2.75, 3.05) is 32.8 Å². The Kier molecular flexibility index (Phi) is 6.66. The lowest BCUT2D eigenvalue weighted by Crippen LogP contribution is -2.53. The van der Waals surface area contributed by atoms with Crippen molar-refractivity contribution < 1.29 is 14.3 Å². The molecule has 3 fully saturated rings. The van der Waals surface area contributed by atoms with Crippen molar-refractivity contribution in [2.24, 2.45) is 11.8 Å². The van der Waals surface area contributed by atoms with E-state index in [0.29, 0.717) is 18.2 Å². The Bertz CT molecular complexity index is 521. The molecule has 0 aromatic rings. The minimum Gasteiger partial charge on any atom is -0.375 e. The lowest BCUT2D eigenvalue weighted by molar-refractivity contribution is -0.141. The minimum absolute atomic E-state index is 0.0294. The SMILES string of the molecule is CC1CCN(C(=O)CC2CCOC3(CCN(C(=O)NC(C)C)CC3)C2)CC1.